The lowest BCUT2D eigenvalue weighted by atomic mass is 10.1. The van der Waals surface area contributed by atoms with Gasteiger partial charge in [-0.15, -0.1) is 0 Å². The Morgan fingerprint density at radius 3 is 2.03 bits per heavy atom. The number of rotatable bonds is 17. The van der Waals surface area contributed by atoms with Gasteiger partial charge < -0.3 is 44.6 Å². The molecule has 0 spiro atoms. The van der Waals surface area contributed by atoms with E-state index >= 15 is 0 Å². The predicted octanol–water partition coefficient (Wildman–Crippen LogP) is 5.90. The smallest absolute Gasteiger partial charge is 0.434 e. The first-order valence-electron chi connectivity index (χ1n) is 21.5. The highest BCUT2D eigenvalue weighted by atomic mass is 79.9. The Morgan fingerprint density at radius 2 is 1.53 bits per heavy atom. The highest BCUT2D eigenvalue weighted by Crippen LogP contribution is 2.41. The van der Waals surface area contributed by atoms with Gasteiger partial charge in [0.15, 0.2) is 10.7 Å². The van der Waals surface area contributed by atoms with Gasteiger partial charge in [0, 0.05) is 45.5 Å². The minimum atomic E-state index is -4.69. The topological polar surface area (TPSA) is 366 Å². The molecule has 3 amide bonds. The fraction of sp³-hybridized carbons (Fsp3) is 0.390. The second kappa shape index (κ2) is 29.8. The number of aliphatic carboxylic acids is 1. The van der Waals surface area contributed by atoms with Crippen molar-refractivity contribution in [1.82, 2.24) is 54.6 Å². The molecule has 27 nitrogen and oxygen atoms in total. The summed E-state index contributed by atoms with van der Waals surface area (Å²) < 4.78 is 105. The van der Waals surface area contributed by atoms with E-state index in [9.17, 15) is 49.7 Å². The number of carbonyl (C=O) groups excluding carboxylic acids is 3. The molecule has 0 bridgehead atoms. The van der Waals surface area contributed by atoms with Crippen LogP contribution in [0.25, 0.3) is 11.3 Å². The first-order chi connectivity index (χ1) is 35.6. The summed E-state index contributed by atoms with van der Waals surface area (Å²) in [5.74, 6) is -2.55. The van der Waals surface area contributed by atoms with Gasteiger partial charge in [0.05, 0.1) is 59.8 Å². The van der Waals surface area contributed by atoms with Crippen LogP contribution in [-0.2, 0) is 37.3 Å². The number of aryl methyl sites for hydroxylation is 1. The van der Waals surface area contributed by atoms with E-state index in [1.807, 2.05) is 20.8 Å². The highest BCUT2D eigenvalue weighted by Gasteiger charge is 2.39. The SMILES string of the molecule is CC(C)OC(=O)c1cc(-c2nn(C)c(C(F)(F)F)c2Br)c(F)cc1Cl.CCNc1nc(Cl)nc(NC(C)C)n1.COc1cc(OC)nc(NC(=O)NS(=O)(=O)c2ncccc2C(=O)N(C)C)n1.O=C(O)CNCP(=O)(O)O. The second-order valence-corrected chi connectivity index (χ2v) is 20.3. The lowest BCUT2D eigenvalue weighted by Crippen LogP contribution is -2.36. The summed E-state index contributed by atoms with van der Waals surface area (Å²) in [5, 5.41) is 21.3. The Hall–Kier alpha value is -6.61. The van der Waals surface area contributed by atoms with Crippen molar-refractivity contribution in [2.24, 2.45) is 7.05 Å². The van der Waals surface area contributed by atoms with Crippen LogP contribution in [0.5, 0.6) is 11.8 Å². The summed E-state index contributed by atoms with van der Waals surface area (Å²) in [6.45, 7) is 9.51. The van der Waals surface area contributed by atoms with Crippen molar-refractivity contribution >= 4 is 98.5 Å². The summed E-state index contributed by atoms with van der Waals surface area (Å²) in [5.41, 5.74) is -2.05. The van der Waals surface area contributed by atoms with Crippen LogP contribution in [-0.4, -0.2) is 152 Å². The Kier molecular flexibility index (Phi) is 25.7. The molecule has 4 heterocycles. The molecule has 0 aliphatic rings. The van der Waals surface area contributed by atoms with E-state index < -0.39 is 87.6 Å². The molecule has 8 N–H and O–H groups in total. The number of halogens is 7. The number of sulfonamides is 1. The zero-order valence-corrected chi connectivity index (χ0v) is 47.0. The standard InChI is InChI=1S/C15H12BrClF4N2O2.C15H18N6O6S.C8H14ClN5.C3H8NO5P/c1-6(2)25-14(24)7-4-8(10(18)5-9(7)17)12-11(16)13(15(19,20)21)23(3)22-12;1-21(2)13(22)9-6-5-7-16-12(9)28(24,25)20-15(23)19-14-17-10(26-3)8-11(18-14)27-4;1-4-10-7-12-6(9)13-8(14-7)11-5(2)3;5-3(6)1-4-2-10(7,8)9/h4-6H,1-3H3;5-8H,1-4H3,(H2,17,18,19,20,23);5H,4H2,1-3H3,(H2,10,11,12,13,14);4H,1-2H2,(H,5,6)(H2,7,8,9). The van der Waals surface area contributed by atoms with E-state index in [-0.39, 0.29) is 56.4 Å². The number of carboxylic acid groups (broad SMARTS) is 1. The summed E-state index contributed by atoms with van der Waals surface area (Å²) >= 11 is 14.4. The number of hydrogen-bond acceptors (Lipinski definition) is 20. The number of benzene rings is 1. The van der Waals surface area contributed by atoms with Gasteiger partial charge in [0.2, 0.25) is 34.9 Å². The molecule has 0 saturated heterocycles. The van der Waals surface area contributed by atoms with E-state index in [2.05, 4.69) is 72.2 Å². The van der Waals surface area contributed by atoms with Gasteiger partial charge in [-0.1, -0.05) is 11.6 Å². The highest BCUT2D eigenvalue weighted by molar-refractivity contribution is 9.10. The maximum atomic E-state index is 14.3. The van der Waals surface area contributed by atoms with E-state index in [0.717, 1.165) is 25.7 Å². The van der Waals surface area contributed by atoms with E-state index in [0.29, 0.717) is 16.6 Å². The van der Waals surface area contributed by atoms with Crippen molar-refractivity contribution < 1.29 is 78.8 Å². The molecule has 0 aliphatic carbocycles. The minimum absolute atomic E-state index is 0.0913. The van der Waals surface area contributed by atoms with Gasteiger partial charge in [-0.05, 0) is 86.4 Å². The maximum absolute atomic E-state index is 14.3. The molecule has 1 aromatic carbocycles. The van der Waals surface area contributed by atoms with Crippen molar-refractivity contribution in [2.75, 3.05) is 63.6 Å². The van der Waals surface area contributed by atoms with Gasteiger partial charge in [-0.25, -0.2) is 23.7 Å². The molecule has 0 fully saturated rings. The Balaban J connectivity index is 0.000000377. The number of esters is 1. The Morgan fingerprint density at radius 1 is 0.935 bits per heavy atom. The average Bonchev–Trinajstić information content (AvgIpc) is 3.60. The number of urea groups is 1. The van der Waals surface area contributed by atoms with Gasteiger partial charge in [0.1, 0.15) is 11.5 Å². The molecule has 36 heteroatoms. The molecular formula is C41H52BrCl2F4N14O13PS. The van der Waals surface area contributed by atoms with Gasteiger partial charge in [-0.3, -0.25) is 29.5 Å². The summed E-state index contributed by atoms with van der Waals surface area (Å²) in [7, 11) is -1.86. The van der Waals surface area contributed by atoms with Crippen LogP contribution in [0.1, 0.15) is 61.0 Å². The molecule has 5 rings (SSSR count). The van der Waals surface area contributed by atoms with Crippen LogP contribution in [0, 0.1) is 5.82 Å². The van der Waals surface area contributed by atoms with Crippen molar-refractivity contribution in [3.05, 3.63) is 73.9 Å². The van der Waals surface area contributed by atoms with Crippen LogP contribution in [0.4, 0.5) is 40.2 Å². The molecule has 0 saturated carbocycles. The molecule has 0 unspecified atom stereocenters. The number of carbonyl (C=O) groups is 4. The fourth-order valence-electron chi connectivity index (χ4n) is 5.34. The summed E-state index contributed by atoms with van der Waals surface area (Å²) in [6, 6.07) is 5.03. The van der Waals surface area contributed by atoms with Crippen LogP contribution < -0.4 is 35.5 Å². The summed E-state index contributed by atoms with van der Waals surface area (Å²) in [4.78, 5) is 87.1. The zero-order valence-electron chi connectivity index (χ0n) is 42.2. The monoisotopic (exact) mass is 1240 g/mol. The quantitative estimate of drug-likeness (QED) is 0.0305. The Labute approximate surface area is 455 Å². The van der Waals surface area contributed by atoms with Gasteiger partial charge in [0.25, 0.3) is 15.9 Å². The van der Waals surface area contributed by atoms with E-state index in [4.69, 9.17) is 52.3 Å². The number of pyridine rings is 1. The largest absolute Gasteiger partial charge is 0.481 e. The van der Waals surface area contributed by atoms with Crippen LogP contribution in [0.3, 0.4) is 0 Å². The Bertz CT molecular complexity index is 3010. The molecular weight excluding hydrogens is 1190 g/mol. The number of methoxy groups -OCH3 is 2. The van der Waals surface area contributed by atoms with Crippen molar-refractivity contribution in [2.45, 2.75) is 58.0 Å². The normalized spacial score (nSPS) is 11.1. The van der Waals surface area contributed by atoms with Crippen molar-refractivity contribution in [3.63, 3.8) is 0 Å². The third kappa shape index (κ3) is 22.1. The first-order valence-corrected chi connectivity index (χ1v) is 26.3. The fourth-order valence-corrected chi connectivity index (χ4v) is 7.94. The molecule has 0 atom stereocenters. The number of aromatic nitrogens is 8. The maximum Gasteiger partial charge on any atom is 0.434 e. The molecule has 5 aromatic rings. The van der Waals surface area contributed by atoms with Crippen LogP contribution in [0.2, 0.25) is 10.3 Å². The number of hydrogen-bond donors (Lipinski definition) is 8. The van der Waals surface area contributed by atoms with Crippen molar-refractivity contribution in [1.29, 1.82) is 0 Å². The summed E-state index contributed by atoms with van der Waals surface area (Å²) in [6.07, 6.45) is -4.55. The number of alkyl halides is 3. The van der Waals surface area contributed by atoms with Crippen molar-refractivity contribution in [3.8, 4) is 23.0 Å². The number of carboxylic acids is 1. The lowest BCUT2D eigenvalue weighted by molar-refractivity contribution is -0.144. The third-order valence-electron chi connectivity index (χ3n) is 8.30. The zero-order chi connectivity index (χ0) is 58.7. The van der Waals surface area contributed by atoms with Crippen LogP contribution in [0.15, 0.2) is 46.0 Å². The van der Waals surface area contributed by atoms with Crippen LogP contribution >= 0.6 is 46.7 Å². The number of nitrogens with one attached hydrogen (secondary N) is 5. The number of anilines is 3. The first kappa shape index (κ1) is 66.5. The third-order valence-corrected chi connectivity index (χ3v) is 11.5. The molecule has 0 radical (unpaired) electrons. The number of amides is 3. The molecule has 424 valence electrons. The molecule has 77 heavy (non-hydrogen) atoms. The number of ether oxygens (including phenoxy) is 3. The molecule has 0 aliphatic heterocycles. The van der Waals surface area contributed by atoms with E-state index in [1.54, 1.807) is 18.6 Å². The second-order valence-electron chi connectivity index (χ2n) is 15.5. The van der Waals surface area contributed by atoms with Gasteiger partial charge >= 0.3 is 31.7 Å². The lowest BCUT2D eigenvalue weighted by Gasteiger charge is -2.14. The predicted molar refractivity (Wildman–Crippen MR) is 274 cm³/mol. The van der Waals surface area contributed by atoms with Gasteiger partial charge in [-0.2, -0.15) is 51.6 Å². The average molecular weight is 1240 g/mol. The van der Waals surface area contributed by atoms with E-state index in [1.165, 1.54) is 57.6 Å². The molecule has 4 aromatic heterocycles. The number of nitrogens with zero attached hydrogens (tertiary/aromatic N) is 9. The minimum Gasteiger partial charge on any atom is -0.481 e.